The largest absolute Gasteiger partial charge is 0.507 e. The van der Waals surface area contributed by atoms with Crippen LogP contribution in [-0.4, -0.2) is 41.9 Å². The van der Waals surface area contributed by atoms with E-state index >= 15 is 0 Å². The topological polar surface area (TPSA) is 93.0 Å². The third-order valence-corrected chi connectivity index (χ3v) is 8.19. The van der Waals surface area contributed by atoms with E-state index in [1.54, 1.807) is 18.2 Å². The Morgan fingerprint density at radius 2 is 1.68 bits per heavy atom. The maximum Gasteiger partial charge on any atom is 0.339 e. The maximum atomic E-state index is 11.2. The molecule has 0 amide bonds. The average molecular weight is 543 g/mol. The summed E-state index contributed by atoms with van der Waals surface area (Å²) in [5, 5.41) is 34.1. The van der Waals surface area contributed by atoms with Gasteiger partial charge < -0.3 is 25.5 Å². The molecule has 40 heavy (non-hydrogen) atoms. The maximum absolute atomic E-state index is 11.2. The Morgan fingerprint density at radius 1 is 1.00 bits per heavy atom. The molecule has 0 saturated heterocycles. The first kappa shape index (κ1) is 29.2. The number of carboxylic acids is 1. The van der Waals surface area contributed by atoms with Gasteiger partial charge in [0, 0.05) is 32.0 Å². The molecule has 0 fully saturated rings. The smallest absolute Gasteiger partial charge is 0.339 e. The molecule has 212 valence electrons. The third-order valence-electron chi connectivity index (χ3n) is 8.19. The highest BCUT2D eigenvalue weighted by atomic mass is 16.4. The molecule has 1 aliphatic rings. The summed E-state index contributed by atoms with van der Waals surface area (Å²) in [6.45, 7) is 9.92. The monoisotopic (exact) mass is 542 g/mol. The van der Waals surface area contributed by atoms with Gasteiger partial charge in [0.2, 0.25) is 0 Å². The number of benzene rings is 3. The SMILES string of the molecule is CN(C)c1ccc(CCNc2cc(C(O)C=Cc3ccc(C(=O)O)c(O)c3)cc3c2C(C)(C)CCC3(C)C)cc1. The molecule has 3 aromatic rings. The zero-order valence-electron chi connectivity index (χ0n) is 24.5. The van der Waals surface area contributed by atoms with Gasteiger partial charge in [0.05, 0.1) is 6.10 Å². The summed E-state index contributed by atoms with van der Waals surface area (Å²) in [5.74, 6) is -1.48. The summed E-state index contributed by atoms with van der Waals surface area (Å²) in [5.41, 5.74) is 7.32. The molecule has 0 aliphatic heterocycles. The van der Waals surface area contributed by atoms with Crippen LogP contribution in [0.1, 0.15) is 84.8 Å². The van der Waals surface area contributed by atoms with Crippen LogP contribution in [0.15, 0.2) is 60.7 Å². The standard InChI is InChI=1S/C34H42N2O4/c1-33(2)16-17-34(3,4)31-27(33)20-24(29(37)14-10-23-9-13-26(32(39)40)30(38)19-23)21-28(31)35-18-15-22-7-11-25(12-8-22)36(5)6/h7-14,19-21,29,35,37-38H,15-18H2,1-6H3,(H,39,40). The minimum atomic E-state index is -1.18. The lowest BCUT2D eigenvalue weighted by atomic mass is 9.62. The Kier molecular flexibility index (Phi) is 8.31. The van der Waals surface area contributed by atoms with Crippen molar-refractivity contribution in [2.24, 2.45) is 0 Å². The van der Waals surface area contributed by atoms with Crippen molar-refractivity contribution in [2.75, 3.05) is 30.9 Å². The molecule has 0 spiro atoms. The van der Waals surface area contributed by atoms with Crippen LogP contribution in [0.5, 0.6) is 5.75 Å². The molecule has 1 atom stereocenters. The zero-order chi connectivity index (χ0) is 29.2. The number of carbonyl (C=O) groups is 1. The van der Waals surface area contributed by atoms with Crippen LogP contribution >= 0.6 is 0 Å². The molecule has 1 unspecified atom stereocenters. The van der Waals surface area contributed by atoms with E-state index in [9.17, 15) is 15.0 Å². The molecule has 0 heterocycles. The predicted molar refractivity (Wildman–Crippen MR) is 164 cm³/mol. The molecule has 4 rings (SSSR count). The molecular weight excluding hydrogens is 500 g/mol. The number of carboxylic acid groups (broad SMARTS) is 1. The molecule has 6 heteroatoms. The molecular formula is C34H42N2O4. The normalized spacial score (nSPS) is 16.4. The van der Waals surface area contributed by atoms with Gasteiger partial charge in [-0.2, -0.15) is 0 Å². The fourth-order valence-electron chi connectivity index (χ4n) is 5.57. The molecule has 3 aromatic carbocycles. The van der Waals surface area contributed by atoms with E-state index in [2.05, 4.69) is 74.3 Å². The Morgan fingerprint density at radius 3 is 2.30 bits per heavy atom. The van der Waals surface area contributed by atoms with E-state index in [1.165, 1.54) is 34.5 Å². The highest BCUT2D eigenvalue weighted by molar-refractivity contribution is 5.91. The van der Waals surface area contributed by atoms with Crippen molar-refractivity contribution < 1.29 is 20.1 Å². The number of nitrogens with one attached hydrogen (secondary N) is 1. The summed E-state index contributed by atoms with van der Waals surface area (Å²) >= 11 is 0. The molecule has 6 nitrogen and oxygen atoms in total. The van der Waals surface area contributed by atoms with Crippen LogP contribution in [0.3, 0.4) is 0 Å². The zero-order valence-corrected chi connectivity index (χ0v) is 24.5. The molecule has 0 bridgehead atoms. The summed E-state index contributed by atoms with van der Waals surface area (Å²) in [7, 11) is 4.08. The number of rotatable bonds is 9. The fourth-order valence-corrected chi connectivity index (χ4v) is 5.57. The quantitative estimate of drug-likeness (QED) is 0.235. The van der Waals surface area contributed by atoms with Gasteiger partial charge >= 0.3 is 5.97 Å². The number of hydrogen-bond donors (Lipinski definition) is 4. The van der Waals surface area contributed by atoms with Crippen molar-refractivity contribution in [3.63, 3.8) is 0 Å². The first-order valence-electron chi connectivity index (χ1n) is 13.9. The predicted octanol–water partition coefficient (Wildman–Crippen LogP) is 6.91. The van der Waals surface area contributed by atoms with Gasteiger partial charge in [0.1, 0.15) is 11.3 Å². The minimum Gasteiger partial charge on any atom is -0.507 e. The second-order valence-electron chi connectivity index (χ2n) is 12.4. The van der Waals surface area contributed by atoms with Gasteiger partial charge in [0.25, 0.3) is 0 Å². The number of aliphatic hydroxyl groups excluding tert-OH is 1. The Balaban J connectivity index is 1.63. The molecule has 0 aromatic heterocycles. The van der Waals surface area contributed by atoms with Crippen molar-refractivity contribution in [1.82, 2.24) is 0 Å². The van der Waals surface area contributed by atoms with Crippen LogP contribution in [0.25, 0.3) is 6.08 Å². The van der Waals surface area contributed by atoms with Gasteiger partial charge in [-0.05, 0) is 88.2 Å². The molecule has 0 saturated carbocycles. The van der Waals surface area contributed by atoms with Gasteiger partial charge in [-0.3, -0.25) is 0 Å². The number of nitrogens with zero attached hydrogens (tertiary/aromatic N) is 1. The number of aromatic carboxylic acids is 1. The Hall–Kier alpha value is -3.77. The van der Waals surface area contributed by atoms with Crippen LogP contribution in [0, 0.1) is 0 Å². The van der Waals surface area contributed by atoms with Gasteiger partial charge in [-0.1, -0.05) is 64.1 Å². The lowest BCUT2D eigenvalue weighted by molar-refractivity contribution is 0.0693. The number of aliphatic hydroxyl groups is 1. The van der Waals surface area contributed by atoms with Crippen molar-refractivity contribution >= 4 is 23.4 Å². The first-order valence-corrected chi connectivity index (χ1v) is 13.9. The molecule has 4 N–H and O–H groups in total. The highest BCUT2D eigenvalue weighted by Crippen LogP contribution is 2.49. The highest BCUT2D eigenvalue weighted by Gasteiger charge is 2.39. The minimum absolute atomic E-state index is 0.00325. The van der Waals surface area contributed by atoms with Crippen LogP contribution in [0.4, 0.5) is 11.4 Å². The average Bonchev–Trinajstić information content (AvgIpc) is 2.89. The summed E-state index contributed by atoms with van der Waals surface area (Å²) in [4.78, 5) is 13.3. The summed E-state index contributed by atoms with van der Waals surface area (Å²) in [6, 6.07) is 17.2. The van der Waals surface area contributed by atoms with E-state index < -0.39 is 12.1 Å². The van der Waals surface area contributed by atoms with Crippen molar-refractivity contribution in [2.45, 2.75) is 63.9 Å². The van der Waals surface area contributed by atoms with E-state index in [0.717, 1.165) is 37.1 Å². The Bertz CT molecular complexity index is 1400. The first-order chi connectivity index (χ1) is 18.8. The number of phenols is 1. The van der Waals surface area contributed by atoms with Gasteiger partial charge in [0.15, 0.2) is 0 Å². The lowest BCUT2D eigenvalue weighted by Crippen LogP contribution is -2.35. The van der Waals surface area contributed by atoms with Crippen LogP contribution in [-0.2, 0) is 17.3 Å². The second kappa shape index (κ2) is 11.4. The van der Waals surface area contributed by atoms with E-state index in [-0.39, 0.29) is 22.1 Å². The van der Waals surface area contributed by atoms with Crippen molar-refractivity contribution in [1.29, 1.82) is 0 Å². The van der Waals surface area contributed by atoms with Crippen LogP contribution < -0.4 is 10.2 Å². The van der Waals surface area contributed by atoms with E-state index in [0.29, 0.717) is 5.56 Å². The fraction of sp³-hybridized carbons (Fsp3) is 0.382. The molecule has 0 radical (unpaired) electrons. The number of aromatic hydroxyl groups is 1. The lowest BCUT2D eigenvalue weighted by Gasteiger charge is -2.43. The number of fused-ring (bicyclic) bond motifs is 1. The number of anilines is 2. The van der Waals surface area contributed by atoms with Crippen LogP contribution in [0.2, 0.25) is 0 Å². The van der Waals surface area contributed by atoms with E-state index in [1.807, 2.05) is 14.1 Å². The number of hydrogen-bond acceptors (Lipinski definition) is 5. The Labute approximate surface area is 238 Å². The summed E-state index contributed by atoms with van der Waals surface area (Å²) < 4.78 is 0. The van der Waals surface area contributed by atoms with Gasteiger partial charge in [-0.15, -0.1) is 0 Å². The van der Waals surface area contributed by atoms with Crippen molar-refractivity contribution in [3.8, 4) is 5.75 Å². The van der Waals surface area contributed by atoms with Crippen molar-refractivity contribution in [3.05, 3.63) is 94.1 Å². The van der Waals surface area contributed by atoms with Gasteiger partial charge in [-0.25, -0.2) is 4.79 Å². The molecule has 1 aliphatic carbocycles. The second-order valence-corrected chi connectivity index (χ2v) is 12.4. The summed E-state index contributed by atoms with van der Waals surface area (Å²) in [6.07, 6.45) is 5.55. The van der Waals surface area contributed by atoms with E-state index in [4.69, 9.17) is 5.11 Å². The third kappa shape index (κ3) is 6.34.